The zero-order chi connectivity index (χ0) is 11.5. The minimum Gasteiger partial charge on any atom is -0.477 e. The predicted molar refractivity (Wildman–Crippen MR) is 59.4 cm³/mol. The van der Waals surface area contributed by atoms with E-state index in [2.05, 4.69) is 20.3 Å². The molecule has 2 aromatic rings. The van der Waals surface area contributed by atoms with Crippen molar-refractivity contribution in [2.24, 2.45) is 0 Å². The Balaban J connectivity index is 2.17. The van der Waals surface area contributed by atoms with Crippen molar-refractivity contribution in [3.05, 3.63) is 28.6 Å². The quantitative estimate of drug-likeness (QED) is 0.817. The third kappa shape index (κ3) is 2.44. The van der Waals surface area contributed by atoms with Gasteiger partial charge in [0.05, 0.1) is 6.20 Å². The molecule has 0 fully saturated rings. The number of nitrogens with zero attached hydrogens (tertiary/aromatic N) is 3. The Bertz CT molecular complexity index is 530. The van der Waals surface area contributed by atoms with Crippen LogP contribution >= 0.6 is 22.9 Å². The summed E-state index contributed by atoms with van der Waals surface area (Å²) < 4.78 is 0. The summed E-state index contributed by atoms with van der Waals surface area (Å²) in [5.41, 5.74) is 0. The van der Waals surface area contributed by atoms with Gasteiger partial charge < -0.3 is 10.4 Å². The fourth-order valence-corrected chi connectivity index (χ4v) is 1.75. The van der Waals surface area contributed by atoms with Crippen LogP contribution in [-0.2, 0) is 0 Å². The maximum Gasteiger partial charge on any atom is 0.347 e. The summed E-state index contributed by atoms with van der Waals surface area (Å²) in [5, 5.41) is 12.3. The van der Waals surface area contributed by atoms with Crippen molar-refractivity contribution in [2.75, 3.05) is 5.32 Å². The molecular weight excluding hydrogens is 252 g/mol. The van der Waals surface area contributed by atoms with Crippen LogP contribution in [0.5, 0.6) is 0 Å². The minimum atomic E-state index is -1.01. The molecule has 0 atom stereocenters. The molecule has 2 rings (SSSR count). The van der Waals surface area contributed by atoms with Crippen molar-refractivity contribution in [2.45, 2.75) is 0 Å². The van der Waals surface area contributed by atoms with E-state index in [-0.39, 0.29) is 4.88 Å². The lowest BCUT2D eigenvalue weighted by Crippen LogP contribution is -1.93. The highest BCUT2D eigenvalue weighted by atomic mass is 35.5. The fraction of sp³-hybridized carbons (Fsp3) is 0. The number of halogens is 1. The average molecular weight is 257 g/mol. The number of carboxylic acids is 1. The lowest BCUT2D eigenvalue weighted by Gasteiger charge is -1.99. The molecule has 6 nitrogen and oxygen atoms in total. The van der Waals surface area contributed by atoms with Crippen LogP contribution in [0.1, 0.15) is 9.67 Å². The second-order valence-corrected chi connectivity index (χ2v) is 4.10. The van der Waals surface area contributed by atoms with E-state index in [0.29, 0.717) is 16.1 Å². The van der Waals surface area contributed by atoms with E-state index < -0.39 is 5.97 Å². The van der Waals surface area contributed by atoms with Crippen LogP contribution in [0.3, 0.4) is 0 Å². The maximum absolute atomic E-state index is 10.6. The van der Waals surface area contributed by atoms with Crippen molar-refractivity contribution in [3.63, 3.8) is 0 Å². The first kappa shape index (κ1) is 10.8. The molecule has 2 aromatic heterocycles. The Hall–Kier alpha value is -1.73. The summed E-state index contributed by atoms with van der Waals surface area (Å²) in [6.45, 7) is 0. The molecule has 0 aliphatic rings. The average Bonchev–Trinajstić information content (AvgIpc) is 2.66. The van der Waals surface area contributed by atoms with Gasteiger partial charge in [-0.2, -0.15) is 0 Å². The smallest absolute Gasteiger partial charge is 0.347 e. The number of anilines is 2. The summed E-state index contributed by atoms with van der Waals surface area (Å²) in [6, 6.07) is 1.52. The van der Waals surface area contributed by atoms with Gasteiger partial charge in [-0.25, -0.2) is 19.7 Å². The number of carbonyl (C=O) groups is 1. The highest BCUT2D eigenvalue weighted by molar-refractivity contribution is 7.17. The van der Waals surface area contributed by atoms with Gasteiger partial charge in [-0.15, -0.1) is 0 Å². The summed E-state index contributed by atoms with van der Waals surface area (Å²) >= 11 is 6.68. The molecule has 0 spiro atoms. The second kappa shape index (κ2) is 4.42. The van der Waals surface area contributed by atoms with E-state index >= 15 is 0 Å². The SMILES string of the molecule is O=C(O)c1cnc(Nc2cc(Cl)ncn2)s1. The molecule has 82 valence electrons. The van der Waals surface area contributed by atoms with Crippen LogP contribution in [-0.4, -0.2) is 26.0 Å². The molecule has 0 saturated carbocycles. The molecule has 0 saturated heterocycles. The number of aromatic carboxylic acids is 1. The Labute approximate surface area is 99.0 Å². The first-order valence-electron chi connectivity index (χ1n) is 4.09. The highest BCUT2D eigenvalue weighted by Gasteiger charge is 2.08. The van der Waals surface area contributed by atoms with E-state index in [1.807, 2.05) is 0 Å². The van der Waals surface area contributed by atoms with Crippen LogP contribution in [0.4, 0.5) is 10.9 Å². The zero-order valence-electron chi connectivity index (χ0n) is 7.72. The summed E-state index contributed by atoms with van der Waals surface area (Å²) in [4.78, 5) is 22.3. The van der Waals surface area contributed by atoms with Crippen molar-refractivity contribution < 1.29 is 9.90 Å². The van der Waals surface area contributed by atoms with Crippen molar-refractivity contribution in [1.29, 1.82) is 0 Å². The molecule has 0 aliphatic heterocycles. The molecule has 2 N–H and O–H groups in total. The van der Waals surface area contributed by atoms with Gasteiger partial charge in [-0.3, -0.25) is 0 Å². The maximum atomic E-state index is 10.6. The normalized spacial score (nSPS) is 10.1. The molecule has 0 radical (unpaired) electrons. The molecule has 16 heavy (non-hydrogen) atoms. The Morgan fingerprint density at radius 1 is 1.44 bits per heavy atom. The van der Waals surface area contributed by atoms with Gasteiger partial charge in [0.1, 0.15) is 22.2 Å². The number of nitrogens with one attached hydrogen (secondary N) is 1. The van der Waals surface area contributed by atoms with Gasteiger partial charge in [-0.05, 0) is 0 Å². The molecule has 0 aromatic carbocycles. The number of thiazole rings is 1. The van der Waals surface area contributed by atoms with E-state index in [0.717, 1.165) is 11.3 Å². The minimum absolute atomic E-state index is 0.155. The summed E-state index contributed by atoms with van der Waals surface area (Å²) in [7, 11) is 0. The zero-order valence-corrected chi connectivity index (χ0v) is 9.29. The number of carboxylic acid groups (broad SMARTS) is 1. The fourth-order valence-electron chi connectivity index (χ4n) is 0.942. The van der Waals surface area contributed by atoms with Gasteiger partial charge in [0.15, 0.2) is 5.13 Å². The topological polar surface area (TPSA) is 88.0 Å². The van der Waals surface area contributed by atoms with E-state index in [4.69, 9.17) is 16.7 Å². The van der Waals surface area contributed by atoms with Crippen LogP contribution in [0, 0.1) is 0 Å². The number of hydrogen-bond donors (Lipinski definition) is 2. The van der Waals surface area contributed by atoms with Gasteiger partial charge >= 0.3 is 5.97 Å². The highest BCUT2D eigenvalue weighted by Crippen LogP contribution is 2.21. The third-order valence-electron chi connectivity index (χ3n) is 1.59. The second-order valence-electron chi connectivity index (χ2n) is 2.69. The standard InChI is InChI=1S/C8H5ClN4O2S/c9-5-1-6(12-3-11-5)13-8-10-2-4(16-8)7(14)15/h1-3H,(H,14,15)(H,10,11,12,13). The summed E-state index contributed by atoms with van der Waals surface area (Å²) in [5.74, 6) is -0.544. The molecular formula is C8H5ClN4O2S. The van der Waals surface area contributed by atoms with Gasteiger partial charge in [-0.1, -0.05) is 22.9 Å². The van der Waals surface area contributed by atoms with Crippen LogP contribution in [0.2, 0.25) is 5.15 Å². The molecule has 2 heterocycles. The lowest BCUT2D eigenvalue weighted by atomic mass is 10.6. The molecule has 8 heteroatoms. The molecule has 0 unspecified atom stereocenters. The molecule has 0 amide bonds. The number of aromatic nitrogens is 3. The van der Waals surface area contributed by atoms with Gasteiger partial charge in [0, 0.05) is 6.07 Å². The van der Waals surface area contributed by atoms with Gasteiger partial charge in [0.2, 0.25) is 0 Å². The predicted octanol–water partition coefficient (Wildman–Crippen LogP) is 2.03. The van der Waals surface area contributed by atoms with Crippen LogP contribution in [0.15, 0.2) is 18.6 Å². The third-order valence-corrected chi connectivity index (χ3v) is 2.69. The van der Waals surface area contributed by atoms with E-state index in [1.165, 1.54) is 18.6 Å². The summed E-state index contributed by atoms with van der Waals surface area (Å²) in [6.07, 6.45) is 2.58. The first-order valence-corrected chi connectivity index (χ1v) is 5.28. The van der Waals surface area contributed by atoms with E-state index in [1.54, 1.807) is 0 Å². The lowest BCUT2D eigenvalue weighted by molar-refractivity contribution is 0.0702. The Morgan fingerprint density at radius 2 is 2.25 bits per heavy atom. The van der Waals surface area contributed by atoms with Crippen LogP contribution < -0.4 is 5.32 Å². The van der Waals surface area contributed by atoms with Crippen molar-refractivity contribution in [3.8, 4) is 0 Å². The number of hydrogen-bond acceptors (Lipinski definition) is 6. The van der Waals surface area contributed by atoms with Crippen LogP contribution in [0.25, 0.3) is 0 Å². The largest absolute Gasteiger partial charge is 0.477 e. The molecule has 0 bridgehead atoms. The Kier molecular flexibility index (Phi) is 2.97. The van der Waals surface area contributed by atoms with Crippen molar-refractivity contribution in [1.82, 2.24) is 15.0 Å². The van der Waals surface area contributed by atoms with Gasteiger partial charge in [0.25, 0.3) is 0 Å². The Morgan fingerprint density at radius 3 is 2.88 bits per heavy atom. The van der Waals surface area contributed by atoms with Crippen molar-refractivity contribution >= 4 is 39.9 Å². The first-order chi connectivity index (χ1) is 7.65. The number of rotatable bonds is 3. The molecule has 0 aliphatic carbocycles. The van der Waals surface area contributed by atoms with E-state index in [9.17, 15) is 4.79 Å². The monoisotopic (exact) mass is 256 g/mol.